The van der Waals surface area contributed by atoms with Gasteiger partial charge in [-0.25, -0.2) is 4.79 Å². The monoisotopic (exact) mass is 262 g/mol. The first-order valence-corrected chi connectivity index (χ1v) is 6.49. The quantitative estimate of drug-likeness (QED) is 0.737. The third-order valence-electron chi connectivity index (χ3n) is 3.55. The molecule has 0 unspecified atom stereocenters. The zero-order chi connectivity index (χ0) is 14.1. The number of rotatable bonds is 2. The average Bonchev–Trinajstić information content (AvgIpc) is 2.46. The fraction of sp³-hybridized carbons (Fsp3) is 0.0556. The van der Waals surface area contributed by atoms with E-state index in [0.29, 0.717) is 5.56 Å². The molecule has 3 aromatic rings. The number of carboxylic acid groups (broad SMARTS) is 1. The molecule has 98 valence electrons. The van der Waals surface area contributed by atoms with Crippen LogP contribution in [-0.2, 0) is 0 Å². The number of aromatic carboxylic acids is 1. The molecule has 0 spiro atoms. The molecular weight excluding hydrogens is 248 g/mol. The molecule has 0 amide bonds. The maximum Gasteiger partial charge on any atom is 0.336 e. The number of hydrogen-bond donors (Lipinski definition) is 1. The second kappa shape index (κ2) is 4.82. The number of carboxylic acids is 1. The summed E-state index contributed by atoms with van der Waals surface area (Å²) in [6, 6.07) is 19.4. The van der Waals surface area contributed by atoms with Crippen molar-refractivity contribution in [2.45, 2.75) is 6.92 Å². The van der Waals surface area contributed by atoms with Crippen molar-refractivity contribution in [1.82, 2.24) is 0 Å². The van der Waals surface area contributed by atoms with E-state index in [2.05, 4.69) is 0 Å². The molecule has 0 heterocycles. The Bertz CT molecular complexity index is 803. The van der Waals surface area contributed by atoms with Gasteiger partial charge >= 0.3 is 5.97 Å². The van der Waals surface area contributed by atoms with Crippen LogP contribution in [0.15, 0.2) is 60.7 Å². The smallest absolute Gasteiger partial charge is 0.336 e. The Hall–Kier alpha value is -2.61. The van der Waals surface area contributed by atoms with Gasteiger partial charge in [-0.2, -0.15) is 0 Å². The minimum absolute atomic E-state index is 0.345. The van der Waals surface area contributed by atoms with Gasteiger partial charge in [-0.1, -0.05) is 48.5 Å². The van der Waals surface area contributed by atoms with Crippen LogP contribution in [0.25, 0.3) is 21.9 Å². The number of benzene rings is 3. The van der Waals surface area contributed by atoms with E-state index < -0.39 is 5.97 Å². The van der Waals surface area contributed by atoms with Crippen LogP contribution >= 0.6 is 0 Å². The van der Waals surface area contributed by atoms with Crippen LogP contribution in [0.3, 0.4) is 0 Å². The second-order valence-electron chi connectivity index (χ2n) is 4.87. The first kappa shape index (κ1) is 12.4. The molecule has 0 atom stereocenters. The number of aryl methyl sites for hydroxylation is 1. The highest BCUT2D eigenvalue weighted by molar-refractivity contribution is 6.02. The van der Waals surface area contributed by atoms with Crippen molar-refractivity contribution >= 4 is 16.7 Å². The van der Waals surface area contributed by atoms with Crippen molar-refractivity contribution in [2.24, 2.45) is 0 Å². The molecule has 3 rings (SSSR count). The van der Waals surface area contributed by atoms with Crippen LogP contribution in [0.1, 0.15) is 15.9 Å². The fourth-order valence-electron chi connectivity index (χ4n) is 2.52. The van der Waals surface area contributed by atoms with Crippen molar-refractivity contribution in [2.75, 3.05) is 0 Å². The van der Waals surface area contributed by atoms with Gasteiger partial charge in [-0.3, -0.25) is 0 Å². The molecule has 0 bridgehead atoms. The molecule has 0 aliphatic heterocycles. The highest BCUT2D eigenvalue weighted by Gasteiger charge is 2.14. The van der Waals surface area contributed by atoms with Gasteiger partial charge in [-0.15, -0.1) is 0 Å². The van der Waals surface area contributed by atoms with Gasteiger partial charge in [0.1, 0.15) is 0 Å². The van der Waals surface area contributed by atoms with Crippen molar-refractivity contribution < 1.29 is 9.90 Å². The van der Waals surface area contributed by atoms with Crippen molar-refractivity contribution in [3.63, 3.8) is 0 Å². The van der Waals surface area contributed by atoms with Gasteiger partial charge in [-0.05, 0) is 46.5 Å². The van der Waals surface area contributed by atoms with E-state index in [1.54, 1.807) is 6.07 Å². The van der Waals surface area contributed by atoms with Gasteiger partial charge < -0.3 is 5.11 Å². The second-order valence-corrected chi connectivity index (χ2v) is 4.87. The maximum absolute atomic E-state index is 11.6. The number of carbonyl (C=O) groups is 1. The maximum atomic E-state index is 11.6. The number of fused-ring (bicyclic) bond motifs is 1. The van der Waals surface area contributed by atoms with E-state index in [0.717, 1.165) is 27.5 Å². The van der Waals surface area contributed by atoms with Gasteiger partial charge in [0, 0.05) is 0 Å². The molecule has 0 aliphatic rings. The van der Waals surface area contributed by atoms with E-state index in [4.69, 9.17) is 0 Å². The fourth-order valence-corrected chi connectivity index (χ4v) is 2.52. The molecular formula is C18H14O2. The summed E-state index contributed by atoms with van der Waals surface area (Å²) in [5, 5.41) is 11.5. The molecule has 0 fully saturated rings. The highest BCUT2D eigenvalue weighted by atomic mass is 16.4. The van der Waals surface area contributed by atoms with Gasteiger partial charge in [0.2, 0.25) is 0 Å². The van der Waals surface area contributed by atoms with Crippen molar-refractivity contribution in [3.8, 4) is 11.1 Å². The van der Waals surface area contributed by atoms with Gasteiger partial charge in [0.05, 0.1) is 5.56 Å². The molecule has 0 aliphatic carbocycles. The normalized spacial score (nSPS) is 10.7. The Labute approximate surface area is 117 Å². The summed E-state index contributed by atoms with van der Waals surface area (Å²) in [5.41, 5.74) is 3.16. The molecule has 0 saturated carbocycles. The molecule has 2 nitrogen and oxygen atoms in total. The Kier molecular flexibility index (Phi) is 2.99. The van der Waals surface area contributed by atoms with Crippen LogP contribution in [0, 0.1) is 6.92 Å². The summed E-state index contributed by atoms with van der Waals surface area (Å²) < 4.78 is 0. The minimum Gasteiger partial charge on any atom is -0.478 e. The van der Waals surface area contributed by atoms with Crippen molar-refractivity contribution in [3.05, 3.63) is 71.8 Å². The summed E-state index contributed by atoms with van der Waals surface area (Å²) in [5.74, 6) is -0.894. The highest BCUT2D eigenvalue weighted by Crippen LogP contribution is 2.30. The third-order valence-corrected chi connectivity index (χ3v) is 3.55. The lowest BCUT2D eigenvalue weighted by Crippen LogP contribution is -2.00. The summed E-state index contributed by atoms with van der Waals surface area (Å²) in [6.45, 7) is 2.00. The predicted octanol–water partition coefficient (Wildman–Crippen LogP) is 4.51. The standard InChI is InChI=1S/C18H14O2/c1-12-6-2-5-9-15(12)16-10-13-7-3-4-8-14(13)11-17(16)18(19)20/h2-11H,1H3,(H,19,20). The molecule has 3 aromatic carbocycles. The lowest BCUT2D eigenvalue weighted by Gasteiger charge is -2.11. The zero-order valence-electron chi connectivity index (χ0n) is 11.1. The van der Waals surface area contributed by atoms with Crippen LogP contribution in [0.2, 0.25) is 0 Å². The topological polar surface area (TPSA) is 37.3 Å². The van der Waals surface area contributed by atoms with Crippen LogP contribution in [0.4, 0.5) is 0 Å². The Morgan fingerprint density at radius 2 is 1.45 bits per heavy atom. The third kappa shape index (κ3) is 2.05. The van der Waals surface area contributed by atoms with Crippen LogP contribution in [0.5, 0.6) is 0 Å². The minimum atomic E-state index is -0.894. The average molecular weight is 262 g/mol. The lowest BCUT2D eigenvalue weighted by atomic mass is 9.93. The molecule has 1 N–H and O–H groups in total. The van der Waals surface area contributed by atoms with E-state index >= 15 is 0 Å². The van der Waals surface area contributed by atoms with Crippen molar-refractivity contribution in [1.29, 1.82) is 0 Å². The molecule has 2 heteroatoms. The molecule has 0 radical (unpaired) electrons. The first-order valence-electron chi connectivity index (χ1n) is 6.49. The molecule has 0 aromatic heterocycles. The summed E-state index contributed by atoms with van der Waals surface area (Å²) in [4.78, 5) is 11.6. The largest absolute Gasteiger partial charge is 0.478 e. The summed E-state index contributed by atoms with van der Waals surface area (Å²) in [6.07, 6.45) is 0. The Balaban J connectivity index is 2.36. The zero-order valence-corrected chi connectivity index (χ0v) is 11.1. The SMILES string of the molecule is Cc1ccccc1-c1cc2ccccc2cc1C(=O)O. The lowest BCUT2D eigenvalue weighted by molar-refractivity contribution is 0.0698. The molecule has 20 heavy (non-hydrogen) atoms. The van der Waals surface area contributed by atoms with Crippen LogP contribution in [-0.4, -0.2) is 11.1 Å². The van der Waals surface area contributed by atoms with Gasteiger partial charge in [0.25, 0.3) is 0 Å². The van der Waals surface area contributed by atoms with Gasteiger partial charge in [0.15, 0.2) is 0 Å². The van der Waals surface area contributed by atoms with E-state index in [-0.39, 0.29) is 0 Å². The Morgan fingerprint density at radius 3 is 2.10 bits per heavy atom. The predicted molar refractivity (Wildman–Crippen MR) is 81.1 cm³/mol. The van der Waals surface area contributed by atoms with E-state index in [1.165, 1.54) is 0 Å². The summed E-state index contributed by atoms with van der Waals surface area (Å²) in [7, 11) is 0. The number of hydrogen-bond acceptors (Lipinski definition) is 1. The van der Waals surface area contributed by atoms with Crippen LogP contribution < -0.4 is 0 Å². The summed E-state index contributed by atoms with van der Waals surface area (Å²) >= 11 is 0. The Morgan fingerprint density at radius 1 is 0.850 bits per heavy atom. The first-order chi connectivity index (χ1) is 9.66. The van der Waals surface area contributed by atoms with E-state index in [9.17, 15) is 9.90 Å². The molecule has 0 saturated heterocycles. The van der Waals surface area contributed by atoms with E-state index in [1.807, 2.05) is 61.5 Å².